The van der Waals surface area contributed by atoms with Crippen molar-refractivity contribution in [1.29, 1.82) is 0 Å². The highest BCUT2D eigenvalue weighted by Gasteiger charge is 2.25. The van der Waals surface area contributed by atoms with Crippen molar-refractivity contribution in [1.82, 2.24) is 19.8 Å². The Labute approximate surface area is 259 Å². The third-order valence-electron chi connectivity index (χ3n) is 8.45. The summed E-state index contributed by atoms with van der Waals surface area (Å²) in [4.78, 5) is 26.0. The van der Waals surface area contributed by atoms with Gasteiger partial charge in [0.1, 0.15) is 5.75 Å². The third kappa shape index (κ3) is 7.19. The lowest BCUT2D eigenvalue weighted by Crippen LogP contribution is -2.40. The number of benzene rings is 3. The monoisotopic (exact) mass is 601 g/mol. The van der Waals surface area contributed by atoms with Gasteiger partial charge in [0, 0.05) is 44.2 Å². The number of hydrogen-bond donors (Lipinski definition) is 2. The second kappa shape index (κ2) is 14.4. The average Bonchev–Trinajstić information content (AvgIpc) is 3.48. The number of ether oxygens (including phenoxy) is 4. The Morgan fingerprint density at radius 3 is 2.27 bits per heavy atom. The Morgan fingerprint density at radius 1 is 0.977 bits per heavy atom. The van der Waals surface area contributed by atoms with Gasteiger partial charge in [-0.3, -0.25) is 4.79 Å². The molecular weight excluding hydrogens is 558 g/mol. The van der Waals surface area contributed by atoms with Gasteiger partial charge >= 0.3 is 0 Å². The highest BCUT2D eigenvalue weighted by molar-refractivity contribution is 5.95. The number of likely N-dealkylation sites (tertiary alicyclic amines) is 1. The Morgan fingerprint density at radius 2 is 1.66 bits per heavy atom. The minimum absolute atomic E-state index is 0.111. The molecule has 1 atom stereocenters. The molecule has 2 heterocycles. The van der Waals surface area contributed by atoms with Gasteiger partial charge in [-0.25, -0.2) is 4.98 Å². The molecule has 1 fully saturated rings. The number of hydrogen-bond acceptors (Lipinski definition) is 8. The van der Waals surface area contributed by atoms with Crippen LogP contribution < -0.4 is 24.3 Å². The van der Waals surface area contributed by atoms with Gasteiger partial charge in [0.2, 0.25) is 11.7 Å². The molecule has 0 radical (unpaired) electrons. The van der Waals surface area contributed by atoms with Gasteiger partial charge in [-0.1, -0.05) is 24.3 Å². The van der Waals surface area contributed by atoms with E-state index in [4.69, 9.17) is 18.9 Å². The number of carbonyl (C=O) groups is 1. The molecule has 2 N–H and O–H groups in total. The molecule has 10 heteroatoms. The summed E-state index contributed by atoms with van der Waals surface area (Å²) >= 11 is 0. The third-order valence-corrected chi connectivity index (χ3v) is 8.45. The van der Waals surface area contributed by atoms with Crippen molar-refractivity contribution < 1.29 is 23.7 Å². The number of likely N-dealkylation sites (N-methyl/N-ethyl adjacent to an activating group) is 1. The van der Waals surface area contributed by atoms with Gasteiger partial charge in [-0.05, 0) is 67.8 Å². The number of aromatic nitrogens is 2. The van der Waals surface area contributed by atoms with E-state index < -0.39 is 0 Å². The van der Waals surface area contributed by atoms with Gasteiger partial charge in [-0.2, -0.15) is 0 Å². The van der Waals surface area contributed by atoms with Crippen molar-refractivity contribution in [3.8, 4) is 23.0 Å². The summed E-state index contributed by atoms with van der Waals surface area (Å²) in [5.41, 5.74) is 3.68. The Balaban J connectivity index is 1.22. The SMILES string of the molecule is COc1ccc(C(CCN2CCC(Nc3nc4ccccc4[nH]3)CC2)CN(C)C(=O)c2cc(OC)c(OC)c(OC)c2)cc1. The maximum absolute atomic E-state index is 13.6. The zero-order chi connectivity index (χ0) is 31.1. The second-order valence-corrected chi connectivity index (χ2v) is 11.2. The number of imidazole rings is 1. The molecule has 0 bridgehead atoms. The highest BCUT2D eigenvalue weighted by Crippen LogP contribution is 2.38. The van der Waals surface area contributed by atoms with E-state index in [0.717, 1.165) is 61.6 Å². The molecule has 1 unspecified atom stereocenters. The molecule has 10 nitrogen and oxygen atoms in total. The maximum atomic E-state index is 13.6. The first-order valence-corrected chi connectivity index (χ1v) is 15.1. The molecule has 1 aromatic heterocycles. The van der Waals surface area contributed by atoms with Crippen molar-refractivity contribution in [2.45, 2.75) is 31.2 Å². The highest BCUT2D eigenvalue weighted by atomic mass is 16.5. The summed E-state index contributed by atoms with van der Waals surface area (Å²) in [6, 6.07) is 20.0. The normalized spacial score (nSPS) is 14.7. The van der Waals surface area contributed by atoms with Crippen LogP contribution in [-0.2, 0) is 0 Å². The fourth-order valence-electron chi connectivity index (χ4n) is 5.93. The van der Waals surface area contributed by atoms with Crippen LogP contribution in [0.5, 0.6) is 23.0 Å². The number of rotatable bonds is 13. The van der Waals surface area contributed by atoms with Gasteiger partial charge in [-0.15, -0.1) is 0 Å². The van der Waals surface area contributed by atoms with E-state index in [0.29, 0.717) is 35.4 Å². The zero-order valence-electron chi connectivity index (χ0n) is 26.3. The molecule has 0 saturated carbocycles. The van der Waals surface area contributed by atoms with Crippen molar-refractivity contribution in [2.75, 3.05) is 67.0 Å². The van der Waals surface area contributed by atoms with E-state index >= 15 is 0 Å². The van der Waals surface area contributed by atoms with Gasteiger partial charge in [0.15, 0.2) is 11.5 Å². The fraction of sp³-hybridized carbons (Fsp3) is 0.412. The van der Waals surface area contributed by atoms with E-state index in [-0.39, 0.29) is 11.8 Å². The van der Waals surface area contributed by atoms with Crippen LogP contribution in [0, 0.1) is 0 Å². The number of aromatic amines is 1. The van der Waals surface area contributed by atoms with E-state index in [1.807, 2.05) is 43.4 Å². The molecule has 5 rings (SSSR count). The van der Waals surface area contributed by atoms with Crippen LogP contribution in [0.2, 0.25) is 0 Å². The summed E-state index contributed by atoms with van der Waals surface area (Å²) in [5.74, 6) is 3.05. The number of nitrogens with zero attached hydrogens (tertiary/aromatic N) is 3. The van der Waals surface area contributed by atoms with Crippen LogP contribution in [0.3, 0.4) is 0 Å². The molecule has 4 aromatic rings. The fourth-order valence-corrected chi connectivity index (χ4v) is 5.93. The van der Waals surface area contributed by atoms with Crippen LogP contribution in [0.15, 0.2) is 60.7 Å². The Kier molecular flexibility index (Phi) is 10.1. The summed E-state index contributed by atoms with van der Waals surface area (Å²) < 4.78 is 21.8. The first-order chi connectivity index (χ1) is 21.4. The largest absolute Gasteiger partial charge is 0.497 e. The van der Waals surface area contributed by atoms with E-state index in [1.54, 1.807) is 45.5 Å². The van der Waals surface area contributed by atoms with Crippen LogP contribution in [-0.4, -0.2) is 93.4 Å². The molecule has 0 spiro atoms. The first-order valence-electron chi connectivity index (χ1n) is 15.1. The number of methoxy groups -OCH3 is 4. The van der Waals surface area contributed by atoms with Crippen molar-refractivity contribution in [3.05, 3.63) is 71.8 Å². The number of anilines is 1. The molecule has 44 heavy (non-hydrogen) atoms. The van der Waals surface area contributed by atoms with Gasteiger partial charge in [0.05, 0.1) is 39.5 Å². The molecule has 0 aliphatic carbocycles. The number of nitrogens with one attached hydrogen (secondary N) is 2. The number of H-pyrrole nitrogens is 1. The van der Waals surface area contributed by atoms with Gasteiger partial charge < -0.3 is 39.0 Å². The standard InChI is InChI=1S/C34H43N5O5/c1-38(33(40)25-20-30(42-3)32(44-5)31(21-25)43-4)22-24(23-10-12-27(41-2)13-11-23)14-17-39-18-15-26(16-19-39)35-34-36-28-8-6-7-9-29(28)37-34/h6-13,20-21,24,26H,14-19,22H2,1-5H3,(H2,35,36,37). The lowest BCUT2D eigenvalue weighted by Gasteiger charge is -2.34. The molecule has 1 aliphatic heterocycles. The minimum atomic E-state index is -0.111. The molecule has 1 amide bonds. The Hall–Kier alpha value is -4.44. The van der Waals surface area contributed by atoms with E-state index in [2.05, 4.69) is 32.3 Å². The summed E-state index contributed by atoms with van der Waals surface area (Å²) in [5, 5.41) is 3.59. The molecule has 1 saturated heterocycles. The molecular formula is C34H43N5O5. The topological polar surface area (TPSA) is 101 Å². The molecule has 1 aliphatic rings. The Bertz CT molecular complexity index is 1470. The summed E-state index contributed by atoms with van der Waals surface area (Å²) in [7, 11) is 8.16. The first kappa shape index (κ1) is 31.0. The van der Waals surface area contributed by atoms with Crippen molar-refractivity contribution >= 4 is 22.9 Å². The number of fused-ring (bicyclic) bond motifs is 1. The lowest BCUT2D eigenvalue weighted by atomic mass is 9.93. The van der Waals surface area contributed by atoms with Gasteiger partial charge in [0.25, 0.3) is 5.91 Å². The number of amides is 1. The summed E-state index contributed by atoms with van der Waals surface area (Å²) in [6.45, 7) is 3.52. The average molecular weight is 602 g/mol. The van der Waals surface area contributed by atoms with Crippen LogP contribution in [0.4, 0.5) is 5.95 Å². The second-order valence-electron chi connectivity index (χ2n) is 11.2. The maximum Gasteiger partial charge on any atom is 0.253 e. The van der Waals surface area contributed by atoms with Crippen molar-refractivity contribution in [3.63, 3.8) is 0 Å². The number of para-hydroxylation sites is 2. The lowest BCUT2D eigenvalue weighted by molar-refractivity contribution is 0.0781. The minimum Gasteiger partial charge on any atom is -0.497 e. The van der Waals surface area contributed by atoms with Crippen molar-refractivity contribution in [2.24, 2.45) is 0 Å². The predicted octanol–water partition coefficient (Wildman–Crippen LogP) is 5.42. The van der Waals surface area contributed by atoms with Crippen LogP contribution >= 0.6 is 0 Å². The number of carbonyl (C=O) groups excluding carboxylic acids is 1. The quantitative estimate of drug-likeness (QED) is 0.210. The van der Waals surface area contributed by atoms with Crippen LogP contribution in [0.1, 0.15) is 41.1 Å². The zero-order valence-corrected chi connectivity index (χ0v) is 26.3. The van der Waals surface area contributed by atoms with E-state index in [1.165, 1.54) is 5.56 Å². The van der Waals surface area contributed by atoms with Crippen LogP contribution in [0.25, 0.3) is 11.0 Å². The summed E-state index contributed by atoms with van der Waals surface area (Å²) in [6.07, 6.45) is 3.01. The smallest absolute Gasteiger partial charge is 0.253 e. The molecule has 234 valence electrons. The molecule has 3 aromatic carbocycles. The predicted molar refractivity (Wildman–Crippen MR) is 173 cm³/mol. The van der Waals surface area contributed by atoms with E-state index in [9.17, 15) is 4.79 Å². The number of piperidine rings is 1.